The maximum atomic E-state index is 11.6. The Morgan fingerprint density at radius 3 is 1.90 bits per heavy atom. The molecule has 1 atom stereocenters. The molecule has 1 fully saturated rings. The minimum absolute atomic E-state index is 0.00315. The van der Waals surface area contributed by atoms with E-state index in [1.807, 2.05) is 0 Å². The third kappa shape index (κ3) is 14.3. The van der Waals surface area contributed by atoms with Crippen LogP contribution in [0.4, 0.5) is 0 Å². The number of hydrogen-bond acceptors (Lipinski definition) is 11. The van der Waals surface area contributed by atoms with Gasteiger partial charge in [0.2, 0.25) is 0 Å². The summed E-state index contributed by atoms with van der Waals surface area (Å²) in [4.78, 5) is 48.4. The van der Waals surface area contributed by atoms with Crippen LogP contribution in [0, 0.1) is 0 Å². The van der Waals surface area contributed by atoms with E-state index in [2.05, 4.69) is 0 Å². The van der Waals surface area contributed by atoms with Gasteiger partial charge in [0.05, 0.1) is 19.6 Å². The summed E-state index contributed by atoms with van der Waals surface area (Å²) in [5.74, 6) is -1.72. The number of carbonyl (C=O) groups is 3. The topological polar surface area (TPSA) is 156 Å². The van der Waals surface area contributed by atoms with Crippen LogP contribution in [0.2, 0.25) is 0 Å². The summed E-state index contributed by atoms with van der Waals surface area (Å²) in [6, 6.07) is 0. The first kappa shape index (κ1) is 28.5. The van der Waals surface area contributed by atoms with Gasteiger partial charge in [-0.3, -0.25) is 9.59 Å². The molecule has 1 unspecified atom stereocenters. The van der Waals surface area contributed by atoms with Crippen molar-refractivity contribution in [3.63, 3.8) is 0 Å². The van der Waals surface area contributed by atoms with Gasteiger partial charge in [0.25, 0.3) is 11.8 Å². The zero-order valence-corrected chi connectivity index (χ0v) is 22.5. The molecule has 31 heavy (non-hydrogen) atoms. The SMILES string of the molecule is O=C(CCCOCCOCCOP(=O)(O)OCCOCC[O][Tl])ON1C(=O)CCC1=O. The van der Waals surface area contributed by atoms with Gasteiger partial charge >= 0.3 is 110 Å². The molecule has 2 amide bonds. The number of rotatable bonds is 19. The molecule has 0 aliphatic carbocycles. The molecule has 13 nitrogen and oxygen atoms in total. The van der Waals surface area contributed by atoms with Crippen LogP contribution in [0.15, 0.2) is 0 Å². The monoisotopic (exact) mass is 661 g/mol. The van der Waals surface area contributed by atoms with Crippen molar-refractivity contribution >= 4 is 51.8 Å². The Morgan fingerprint density at radius 1 is 0.871 bits per heavy atom. The van der Waals surface area contributed by atoms with Crippen LogP contribution >= 0.6 is 7.82 Å². The minimum Gasteiger partial charge on any atom is -0.330 e. The number of hydrogen-bond donors (Lipinski definition) is 1. The van der Waals surface area contributed by atoms with E-state index in [9.17, 15) is 23.8 Å². The van der Waals surface area contributed by atoms with Gasteiger partial charge < -0.3 is 9.57 Å². The van der Waals surface area contributed by atoms with E-state index in [0.717, 1.165) is 0 Å². The molecule has 1 aliphatic rings. The largest absolute Gasteiger partial charge is 0.330 e. The number of hydroxylamine groups is 2. The van der Waals surface area contributed by atoms with Crippen molar-refractivity contribution in [2.75, 3.05) is 59.5 Å². The van der Waals surface area contributed by atoms with Crippen LogP contribution in [0.5, 0.6) is 0 Å². The molecule has 0 bridgehead atoms. The Morgan fingerprint density at radius 2 is 1.35 bits per heavy atom. The van der Waals surface area contributed by atoms with E-state index < -0.39 is 25.6 Å². The Balaban J connectivity index is 1.90. The number of phosphoric ester groups is 1. The van der Waals surface area contributed by atoms with Gasteiger partial charge in [0.15, 0.2) is 0 Å². The number of ether oxygens (including phenoxy) is 3. The van der Waals surface area contributed by atoms with Crippen molar-refractivity contribution in [2.24, 2.45) is 0 Å². The molecule has 0 aromatic rings. The summed E-state index contributed by atoms with van der Waals surface area (Å²) >= 11 is 0.447. The normalized spacial score (nSPS) is 15.9. The predicted octanol–water partition coefficient (Wildman–Crippen LogP) is -0.343. The summed E-state index contributed by atoms with van der Waals surface area (Å²) in [7, 11) is -4.15. The summed E-state index contributed by atoms with van der Waals surface area (Å²) in [6.45, 7) is 1.62. The first-order valence-electron chi connectivity index (χ1n) is 9.59. The van der Waals surface area contributed by atoms with Gasteiger partial charge in [-0.05, 0) is 6.42 Å². The molecule has 1 N–H and O–H groups in total. The fourth-order valence-corrected chi connectivity index (χ4v) is 3.17. The first-order chi connectivity index (χ1) is 14.9. The van der Waals surface area contributed by atoms with E-state index >= 15 is 0 Å². The van der Waals surface area contributed by atoms with Crippen molar-refractivity contribution in [3.05, 3.63) is 0 Å². The van der Waals surface area contributed by atoms with Crippen molar-refractivity contribution in [2.45, 2.75) is 25.7 Å². The Bertz CT molecular complexity index is 591. The quantitative estimate of drug-likeness (QED) is 0.0834. The molecule has 0 aromatic heterocycles. The van der Waals surface area contributed by atoms with Crippen molar-refractivity contribution in [1.29, 1.82) is 0 Å². The Kier molecular flexibility index (Phi) is 15.7. The number of phosphoric acid groups is 1. The third-order valence-corrected chi connectivity index (χ3v) is 5.48. The number of carbonyl (C=O) groups excluding carboxylic acids is 3. The number of imide groups is 1. The molecule has 0 saturated carbocycles. The van der Waals surface area contributed by atoms with E-state index in [1.54, 1.807) is 0 Å². The van der Waals surface area contributed by atoms with Gasteiger partial charge in [0, 0.05) is 19.4 Å². The zero-order chi connectivity index (χ0) is 23.0. The van der Waals surface area contributed by atoms with Crippen LogP contribution in [-0.2, 0) is 49.7 Å². The first-order valence-corrected chi connectivity index (χ1v) is 12.9. The molecule has 1 rings (SSSR count). The van der Waals surface area contributed by atoms with E-state index in [4.69, 9.17) is 30.8 Å². The predicted molar refractivity (Wildman–Crippen MR) is 102 cm³/mol. The van der Waals surface area contributed by atoms with Gasteiger partial charge in [-0.1, -0.05) is 0 Å². The molecule has 0 radical (unpaired) electrons. The fraction of sp³-hybridized carbons (Fsp3) is 0.812. The van der Waals surface area contributed by atoms with Crippen LogP contribution in [0.25, 0.3) is 0 Å². The summed E-state index contributed by atoms with van der Waals surface area (Å²) in [6.07, 6.45) is 0.445. The fourth-order valence-electron chi connectivity index (χ4n) is 2.12. The van der Waals surface area contributed by atoms with Crippen molar-refractivity contribution in [3.8, 4) is 0 Å². The molecule has 1 saturated heterocycles. The van der Waals surface area contributed by atoms with E-state index in [-0.39, 0.29) is 65.5 Å². The number of amides is 2. The van der Waals surface area contributed by atoms with Crippen molar-refractivity contribution < 1.29 is 54.6 Å². The van der Waals surface area contributed by atoms with Gasteiger partial charge in [0.1, 0.15) is 0 Å². The molecular formula is C16H27NO12PTl. The summed E-state index contributed by atoms with van der Waals surface area (Å²) in [5.41, 5.74) is 0. The van der Waals surface area contributed by atoms with Crippen LogP contribution < -0.4 is 0 Å². The number of nitrogens with zero attached hydrogens (tertiary/aromatic N) is 1. The average molecular weight is 661 g/mol. The molecule has 0 spiro atoms. The average Bonchev–Trinajstić information content (AvgIpc) is 3.04. The summed E-state index contributed by atoms with van der Waals surface area (Å²) < 4.78 is 41.6. The third-order valence-electron chi connectivity index (χ3n) is 3.55. The minimum atomic E-state index is -4.15. The van der Waals surface area contributed by atoms with Gasteiger partial charge in [-0.2, -0.15) is 0 Å². The summed E-state index contributed by atoms with van der Waals surface area (Å²) in [5, 5.41) is 0.508. The zero-order valence-electron chi connectivity index (χ0n) is 17.1. The van der Waals surface area contributed by atoms with Crippen LogP contribution in [0.3, 0.4) is 0 Å². The molecule has 1 heterocycles. The van der Waals surface area contributed by atoms with Crippen LogP contribution in [-0.4, -0.2) is 113 Å². The van der Waals surface area contributed by atoms with Gasteiger partial charge in [-0.25, -0.2) is 4.79 Å². The smallest absolute Gasteiger partial charge is 0.264 e. The van der Waals surface area contributed by atoms with E-state index in [1.165, 1.54) is 0 Å². The second-order valence-corrected chi connectivity index (χ2v) is 8.74. The molecule has 176 valence electrons. The van der Waals surface area contributed by atoms with Crippen LogP contribution in [0.1, 0.15) is 25.7 Å². The Hall–Kier alpha value is -0.518. The standard InChI is InChI=1S/C16H27NO12P.Tl/c18-5-7-25-10-12-27-30(22,23)28-13-11-26-9-8-24-6-1-2-16(21)29-17-14(19)3-4-15(17)20;/h1-13H2,(H,22,23);/q-1;+1. The molecule has 1 aliphatic heterocycles. The molecule has 0 aromatic carbocycles. The maximum Gasteiger partial charge on any atom is 0.264 e. The molecule has 15 heteroatoms. The molecular weight excluding hydrogens is 634 g/mol. The Labute approximate surface area is 196 Å². The van der Waals surface area contributed by atoms with E-state index in [0.29, 0.717) is 50.9 Å². The second-order valence-electron chi connectivity index (χ2n) is 5.99. The van der Waals surface area contributed by atoms with Gasteiger partial charge in [-0.15, -0.1) is 5.06 Å². The van der Waals surface area contributed by atoms with Crippen molar-refractivity contribution in [1.82, 2.24) is 5.06 Å². The maximum absolute atomic E-state index is 11.6. The second kappa shape index (κ2) is 17.0.